The van der Waals surface area contributed by atoms with Crippen LogP contribution in [0, 0.1) is 6.92 Å². The molecule has 0 saturated heterocycles. The molecule has 0 saturated carbocycles. The fraction of sp³-hybridized carbons (Fsp3) is 0.385. The van der Waals surface area contributed by atoms with Crippen molar-refractivity contribution in [3.63, 3.8) is 0 Å². The van der Waals surface area contributed by atoms with Crippen LogP contribution in [0.3, 0.4) is 0 Å². The van der Waals surface area contributed by atoms with E-state index in [-0.39, 0.29) is 17.4 Å². The molecule has 0 spiro atoms. The maximum Gasteiger partial charge on any atom is 0.251 e. The molecule has 1 heterocycles. The second kappa shape index (κ2) is 9.38. The maximum atomic E-state index is 12.8. The molecule has 1 unspecified atom stereocenters. The molecule has 0 aliphatic carbocycles. The van der Waals surface area contributed by atoms with Crippen molar-refractivity contribution >= 4 is 5.91 Å². The predicted molar refractivity (Wildman–Crippen MR) is 124 cm³/mol. The van der Waals surface area contributed by atoms with E-state index in [9.17, 15) is 4.79 Å². The highest BCUT2D eigenvalue weighted by Crippen LogP contribution is 2.24. The second-order valence-corrected chi connectivity index (χ2v) is 8.98. The minimum absolute atomic E-state index is 0.104. The Kier molecular flexibility index (Phi) is 6.84. The molecule has 1 amide bonds. The standard InChI is InChI=1S/C26H33N3O2/c1-7-29-16-24(19(3)28-29)18(2)27-25(30)21-10-8-9-20(15-21)17-31-23-13-11-22(12-14-23)26(4,5)6/h8-16,18H,7,17H2,1-6H3,(H,27,30). The fourth-order valence-electron chi connectivity index (χ4n) is 3.50. The lowest BCUT2D eigenvalue weighted by Crippen LogP contribution is -2.27. The van der Waals surface area contributed by atoms with Gasteiger partial charge in [0.05, 0.1) is 11.7 Å². The normalized spacial score (nSPS) is 12.5. The second-order valence-electron chi connectivity index (χ2n) is 8.98. The largest absolute Gasteiger partial charge is 0.489 e. The molecule has 0 bridgehead atoms. The summed E-state index contributed by atoms with van der Waals surface area (Å²) in [6.07, 6.45) is 2.00. The van der Waals surface area contributed by atoms with Crippen molar-refractivity contribution in [1.29, 1.82) is 0 Å². The number of aryl methyl sites for hydroxylation is 2. The molecule has 31 heavy (non-hydrogen) atoms. The first-order chi connectivity index (χ1) is 14.7. The van der Waals surface area contributed by atoms with Crippen molar-refractivity contribution < 1.29 is 9.53 Å². The van der Waals surface area contributed by atoms with Crippen molar-refractivity contribution in [2.45, 2.75) is 66.2 Å². The Bertz CT molecular complexity index is 1030. The zero-order valence-electron chi connectivity index (χ0n) is 19.4. The summed E-state index contributed by atoms with van der Waals surface area (Å²) < 4.78 is 7.82. The molecular formula is C26H33N3O2. The van der Waals surface area contributed by atoms with Crippen molar-refractivity contribution in [3.8, 4) is 5.75 Å². The first kappa shape index (κ1) is 22.6. The van der Waals surface area contributed by atoms with E-state index in [2.05, 4.69) is 43.3 Å². The summed E-state index contributed by atoms with van der Waals surface area (Å²) in [5, 5.41) is 7.54. The zero-order valence-corrected chi connectivity index (χ0v) is 19.4. The number of benzene rings is 2. The van der Waals surface area contributed by atoms with Gasteiger partial charge in [-0.15, -0.1) is 0 Å². The Hall–Kier alpha value is -3.08. The van der Waals surface area contributed by atoms with Gasteiger partial charge in [-0.2, -0.15) is 5.10 Å². The van der Waals surface area contributed by atoms with Gasteiger partial charge < -0.3 is 10.1 Å². The highest BCUT2D eigenvalue weighted by Gasteiger charge is 2.16. The molecule has 2 aromatic carbocycles. The van der Waals surface area contributed by atoms with Crippen LogP contribution in [0.5, 0.6) is 5.75 Å². The number of rotatable bonds is 7. The van der Waals surface area contributed by atoms with Gasteiger partial charge in [-0.1, -0.05) is 45.0 Å². The monoisotopic (exact) mass is 419 g/mol. The Labute approximate surface area is 185 Å². The molecule has 1 aromatic heterocycles. The van der Waals surface area contributed by atoms with Crippen LogP contribution in [0.4, 0.5) is 0 Å². The van der Waals surface area contributed by atoms with Gasteiger partial charge in [-0.05, 0) is 61.6 Å². The third-order valence-corrected chi connectivity index (χ3v) is 5.44. The number of carbonyl (C=O) groups excluding carboxylic acids is 1. The van der Waals surface area contributed by atoms with E-state index in [1.54, 1.807) is 0 Å². The maximum absolute atomic E-state index is 12.8. The van der Waals surface area contributed by atoms with E-state index >= 15 is 0 Å². The predicted octanol–water partition coefficient (Wildman–Crippen LogP) is 5.58. The molecule has 1 atom stereocenters. The van der Waals surface area contributed by atoms with Crippen LogP contribution in [0.25, 0.3) is 0 Å². The number of hydrogen-bond donors (Lipinski definition) is 1. The summed E-state index contributed by atoms with van der Waals surface area (Å²) >= 11 is 0. The molecule has 164 valence electrons. The summed E-state index contributed by atoms with van der Waals surface area (Å²) in [7, 11) is 0. The van der Waals surface area contributed by atoms with Gasteiger partial charge in [0.25, 0.3) is 5.91 Å². The fourth-order valence-corrected chi connectivity index (χ4v) is 3.50. The van der Waals surface area contributed by atoms with E-state index in [1.807, 2.05) is 68.0 Å². The average molecular weight is 420 g/mol. The molecule has 0 aliphatic rings. The number of amides is 1. The first-order valence-electron chi connectivity index (χ1n) is 10.8. The van der Waals surface area contributed by atoms with Gasteiger partial charge in [0.1, 0.15) is 12.4 Å². The molecule has 3 aromatic rings. The Morgan fingerprint density at radius 2 is 1.87 bits per heavy atom. The highest BCUT2D eigenvalue weighted by atomic mass is 16.5. The summed E-state index contributed by atoms with van der Waals surface area (Å²) in [6, 6.07) is 15.6. The van der Waals surface area contributed by atoms with E-state index in [0.29, 0.717) is 12.2 Å². The molecular weight excluding hydrogens is 386 g/mol. The SMILES string of the molecule is CCn1cc(C(C)NC(=O)c2cccc(COc3ccc(C(C)(C)C)cc3)c2)c(C)n1. The van der Waals surface area contributed by atoms with Gasteiger partial charge in [-0.3, -0.25) is 9.48 Å². The molecule has 0 fully saturated rings. The van der Waals surface area contributed by atoms with Gasteiger partial charge in [0, 0.05) is 23.9 Å². The van der Waals surface area contributed by atoms with Crippen LogP contribution in [0.1, 0.15) is 73.4 Å². The number of nitrogens with zero attached hydrogens (tertiary/aromatic N) is 2. The van der Waals surface area contributed by atoms with Crippen molar-refractivity contribution in [2.75, 3.05) is 0 Å². The number of carbonyl (C=O) groups is 1. The lowest BCUT2D eigenvalue weighted by Gasteiger charge is -2.19. The van der Waals surface area contributed by atoms with Gasteiger partial charge >= 0.3 is 0 Å². The smallest absolute Gasteiger partial charge is 0.251 e. The summed E-state index contributed by atoms with van der Waals surface area (Å²) in [4.78, 5) is 12.8. The molecule has 0 radical (unpaired) electrons. The van der Waals surface area contributed by atoms with E-state index in [4.69, 9.17) is 4.74 Å². The van der Waals surface area contributed by atoms with E-state index in [1.165, 1.54) is 5.56 Å². The first-order valence-corrected chi connectivity index (χ1v) is 10.8. The average Bonchev–Trinajstić information content (AvgIpc) is 3.13. The van der Waals surface area contributed by atoms with Crippen LogP contribution < -0.4 is 10.1 Å². The summed E-state index contributed by atoms with van der Waals surface area (Å²) in [6.45, 7) is 13.8. The minimum Gasteiger partial charge on any atom is -0.489 e. The Balaban J connectivity index is 1.62. The van der Waals surface area contributed by atoms with Crippen LogP contribution >= 0.6 is 0 Å². The number of hydrogen-bond acceptors (Lipinski definition) is 3. The van der Waals surface area contributed by atoms with E-state index in [0.717, 1.165) is 29.1 Å². The highest BCUT2D eigenvalue weighted by molar-refractivity contribution is 5.94. The van der Waals surface area contributed by atoms with Crippen LogP contribution in [0.15, 0.2) is 54.7 Å². The van der Waals surface area contributed by atoms with Crippen LogP contribution in [-0.2, 0) is 18.6 Å². The number of nitrogens with one attached hydrogen (secondary N) is 1. The van der Waals surface area contributed by atoms with Gasteiger partial charge in [0.15, 0.2) is 0 Å². The van der Waals surface area contributed by atoms with Gasteiger partial charge in [0.2, 0.25) is 0 Å². The Morgan fingerprint density at radius 3 is 2.48 bits per heavy atom. The van der Waals surface area contributed by atoms with Crippen molar-refractivity contribution in [2.24, 2.45) is 0 Å². The quantitative estimate of drug-likeness (QED) is 0.544. The zero-order chi connectivity index (χ0) is 22.6. The van der Waals surface area contributed by atoms with Crippen molar-refractivity contribution in [1.82, 2.24) is 15.1 Å². The summed E-state index contributed by atoms with van der Waals surface area (Å²) in [5.74, 6) is 0.715. The molecule has 3 rings (SSSR count). The molecule has 5 heteroatoms. The van der Waals surface area contributed by atoms with Crippen LogP contribution in [0.2, 0.25) is 0 Å². The van der Waals surface area contributed by atoms with Crippen molar-refractivity contribution in [3.05, 3.63) is 82.7 Å². The topological polar surface area (TPSA) is 56.2 Å². The number of ether oxygens (including phenoxy) is 1. The lowest BCUT2D eigenvalue weighted by atomic mass is 9.87. The lowest BCUT2D eigenvalue weighted by molar-refractivity contribution is 0.0939. The number of aromatic nitrogens is 2. The van der Waals surface area contributed by atoms with Crippen LogP contribution in [-0.4, -0.2) is 15.7 Å². The molecule has 0 aliphatic heterocycles. The minimum atomic E-state index is -0.117. The van der Waals surface area contributed by atoms with Gasteiger partial charge in [-0.25, -0.2) is 0 Å². The Morgan fingerprint density at radius 1 is 1.16 bits per heavy atom. The third-order valence-electron chi connectivity index (χ3n) is 5.44. The third kappa shape index (κ3) is 5.75. The molecule has 5 nitrogen and oxygen atoms in total. The molecule has 1 N–H and O–H groups in total. The van der Waals surface area contributed by atoms with E-state index < -0.39 is 0 Å². The summed E-state index contributed by atoms with van der Waals surface area (Å²) in [5.41, 5.74) is 4.94.